The molecule has 3 aromatic rings. The van der Waals surface area contributed by atoms with E-state index in [1.54, 1.807) is 41.3 Å². The van der Waals surface area contributed by atoms with Gasteiger partial charge in [0.25, 0.3) is 5.91 Å². The van der Waals surface area contributed by atoms with Crippen LogP contribution < -0.4 is 11.0 Å². The summed E-state index contributed by atoms with van der Waals surface area (Å²) in [6, 6.07) is 13.9. The number of anilines is 1. The summed E-state index contributed by atoms with van der Waals surface area (Å²) in [5.41, 5.74) is 2.16. The quantitative estimate of drug-likeness (QED) is 0.716. The molecular formula is C20H20N4O4. The number of benzene rings is 2. The highest BCUT2D eigenvalue weighted by Gasteiger charge is 2.18. The monoisotopic (exact) mass is 380 g/mol. The molecule has 0 saturated carbocycles. The van der Waals surface area contributed by atoms with Crippen molar-refractivity contribution in [3.05, 3.63) is 64.6 Å². The Kier molecular flexibility index (Phi) is 4.94. The van der Waals surface area contributed by atoms with Crippen molar-refractivity contribution < 1.29 is 14.3 Å². The summed E-state index contributed by atoms with van der Waals surface area (Å²) in [4.78, 5) is 41.4. The van der Waals surface area contributed by atoms with E-state index in [4.69, 9.17) is 4.74 Å². The largest absolute Gasteiger partial charge is 0.378 e. The third kappa shape index (κ3) is 3.67. The normalized spacial score (nSPS) is 14.2. The number of carbonyl (C=O) groups is 2. The van der Waals surface area contributed by atoms with Gasteiger partial charge in [0.1, 0.15) is 6.54 Å². The van der Waals surface area contributed by atoms with Crippen LogP contribution in [0.25, 0.3) is 11.0 Å². The van der Waals surface area contributed by atoms with Gasteiger partial charge >= 0.3 is 5.69 Å². The molecule has 4 rings (SSSR count). The van der Waals surface area contributed by atoms with Crippen molar-refractivity contribution in [1.82, 2.24) is 14.5 Å². The standard InChI is InChI=1S/C20H20N4O4/c25-18(13-24-17-4-2-1-3-16(17)22-20(24)27)21-15-7-5-14(6-8-15)19(26)23-9-11-28-12-10-23/h1-8H,9-13H2,(H,21,25)(H,22,27). The Bertz CT molecular complexity index is 1060. The van der Waals surface area contributed by atoms with Gasteiger partial charge in [0.2, 0.25) is 5.91 Å². The molecule has 2 heterocycles. The summed E-state index contributed by atoms with van der Waals surface area (Å²) in [5.74, 6) is -0.370. The Morgan fingerprint density at radius 2 is 1.75 bits per heavy atom. The van der Waals surface area contributed by atoms with E-state index in [2.05, 4.69) is 10.3 Å². The second-order valence-corrected chi connectivity index (χ2v) is 6.56. The average molecular weight is 380 g/mol. The van der Waals surface area contributed by atoms with Gasteiger partial charge in [-0.05, 0) is 36.4 Å². The van der Waals surface area contributed by atoms with Gasteiger partial charge in [0, 0.05) is 24.3 Å². The first kappa shape index (κ1) is 18.0. The number of hydrogen-bond acceptors (Lipinski definition) is 4. The molecule has 8 heteroatoms. The number of H-pyrrole nitrogens is 1. The highest BCUT2D eigenvalue weighted by atomic mass is 16.5. The van der Waals surface area contributed by atoms with Crippen molar-refractivity contribution in [3.63, 3.8) is 0 Å². The van der Waals surface area contributed by atoms with Crippen molar-refractivity contribution in [2.75, 3.05) is 31.6 Å². The number of nitrogens with one attached hydrogen (secondary N) is 2. The van der Waals surface area contributed by atoms with Crippen LogP contribution in [0.5, 0.6) is 0 Å². The van der Waals surface area contributed by atoms with Crippen LogP contribution in [-0.2, 0) is 16.1 Å². The number of aromatic amines is 1. The number of nitrogens with zero attached hydrogens (tertiary/aromatic N) is 2. The van der Waals surface area contributed by atoms with E-state index in [0.29, 0.717) is 48.6 Å². The van der Waals surface area contributed by atoms with E-state index in [9.17, 15) is 14.4 Å². The van der Waals surface area contributed by atoms with E-state index in [-0.39, 0.29) is 24.0 Å². The minimum absolute atomic E-state index is 0.0495. The fraction of sp³-hybridized carbons (Fsp3) is 0.250. The predicted molar refractivity (Wildman–Crippen MR) is 104 cm³/mol. The molecule has 1 fully saturated rings. The maximum Gasteiger partial charge on any atom is 0.326 e. The number of carbonyl (C=O) groups excluding carboxylic acids is 2. The molecule has 0 radical (unpaired) electrons. The maximum atomic E-state index is 12.4. The van der Waals surface area contributed by atoms with Gasteiger partial charge in [-0.1, -0.05) is 12.1 Å². The smallest absolute Gasteiger partial charge is 0.326 e. The summed E-state index contributed by atoms with van der Waals surface area (Å²) in [5, 5.41) is 2.76. The van der Waals surface area contributed by atoms with Crippen LogP contribution in [0.3, 0.4) is 0 Å². The molecule has 1 saturated heterocycles. The molecule has 1 aromatic heterocycles. The number of ether oxygens (including phenoxy) is 1. The zero-order valence-electron chi connectivity index (χ0n) is 15.2. The molecule has 0 aliphatic carbocycles. The first-order chi connectivity index (χ1) is 13.6. The lowest BCUT2D eigenvalue weighted by atomic mass is 10.1. The highest BCUT2D eigenvalue weighted by molar-refractivity contribution is 5.96. The summed E-state index contributed by atoms with van der Waals surface area (Å²) < 4.78 is 6.65. The SMILES string of the molecule is O=C(Cn1c(=O)[nH]c2ccccc21)Nc1ccc(C(=O)N2CCOCC2)cc1. The zero-order chi connectivity index (χ0) is 19.5. The maximum absolute atomic E-state index is 12.4. The molecule has 144 valence electrons. The summed E-state index contributed by atoms with van der Waals surface area (Å²) in [6.45, 7) is 2.16. The van der Waals surface area contributed by atoms with E-state index in [0.717, 1.165) is 0 Å². The number of imidazole rings is 1. The number of aromatic nitrogens is 2. The third-order valence-corrected chi connectivity index (χ3v) is 4.70. The fourth-order valence-corrected chi connectivity index (χ4v) is 3.25. The number of rotatable bonds is 4. The number of fused-ring (bicyclic) bond motifs is 1. The molecule has 28 heavy (non-hydrogen) atoms. The van der Waals surface area contributed by atoms with E-state index < -0.39 is 0 Å². The molecule has 2 N–H and O–H groups in total. The highest BCUT2D eigenvalue weighted by Crippen LogP contribution is 2.14. The lowest BCUT2D eigenvalue weighted by molar-refractivity contribution is -0.116. The molecular weight excluding hydrogens is 360 g/mol. The first-order valence-electron chi connectivity index (χ1n) is 9.06. The first-order valence-corrected chi connectivity index (χ1v) is 9.06. The van der Waals surface area contributed by atoms with Crippen LogP contribution in [-0.4, -0.2) is 52.6 Å². The Morgan fingerprint density at radius 1 is 1.04 bits per heavy atom. The molecule has 2 amide bonds. The van der Waals surface area contributed by atoms with Gasteiger partial charge < -0.3 is 19.9 Å². The van der Waals surface area contributed by atoms with Crippen molar-refractivity contribution in [3.8, 4) is 0 Å². The lowest BCUT2D eigenvalue weighted by Crippen LogP contribution is -2.40. The minimum atomic E-state index is -0.331. The Morgan fingerprint density at radius 3 is 2.50 bits per heavy atom. The Hall–Kier alpha value is -3.39. The fourth-order valence-electron chi connectivity index (χ4n) is 3.25. The van der Waals surface area contributed by atoms with Gasteiger partial charge in [-0.15, -0.1) is 0 Å². The molecule has 1 aliphatic heterocycles. The third-order valence-electron chi connectivity index (χ3n) is 4.70. The summed E-state index contributed by atoms with van der Waals surface area (Å²) >= 11 is 0. The van der Waals surface area contributed by atoms with Crippen molar-refractivity contribution in [1.29, 1.82) is 0 Å². The van der Waals surface area contributed by atoms with Gasteiger partial charge in [-0.2, -0.15) is 0 Å². The molecule has 8 nitrogen and oxygen atoms in total. The molecule has 0 atom stereocenters. The van der Waals surface area contributed by atoms with E-state index in [1.807, 2.05) is 12.1 Å². The number of amides is 2. The Labute approximate surface area is 160 Å². The van der Waals surface area contributed by atoms with Crippen molar-refractivity contribution in [2.45, 2.75) is 6.54 Å². The van der Waals surface area contributed by atoms with Crippen LogP contribution in [0.4, 0.5) is 5.69 Å². The van der Waals surface area contributed by atoms with Crippen LogP contribution in [0, 0.1) is 0 Å². The predicted octanol–water partition coefficient (Wildman–Crippen LogP) is 1.44. The van der Waals surface area contributed by atoms with E-state index >= 15 is 0 Å². The second kappa shape index (κ2) is 7.69. The van der Waals surface area contributed by atoms with Gasteiger partial charge in [0.15, 0.2) is 0 Å². The second-order valence-electron chi connectivity index (χ2n) is 6.56. The molecule has 0 unspecified atom stereocenters. The van der Waals surface area contributed by atoms with Crippen molar-refractivity contribution >= 4 is 28.5 Å². The van der Waals surface area contributed by atoms with Gasteiger partial charge in [0.05, 0.1) is 24.2 Å². The number of para-hydroxylation sites is 2. The minimum Gasteiger partial charge on any atom is -0.378 e. The Balaban J connectivity index is 1.42. The van der Waals surface area contributed by atoms with Crippen LogP contribution >= 0.6 is 0 Å². The zero-order valence-corrected chi connectivity index (χ0v) is 15.2. The van der Waals surface area contributed by atoms with Crippen LogP contribution in [0.2, 0.25) is 0 Å². The average Bonchev–Trinajstić information content (AvgIpc) is 3.04. The lowest BCUT2D eigenvalue weighted by Gasteiger charge is -2.26. The number of morpholine rings is 1. The summed E-state index contributed by atoms with van der Waals surface area (Å²) in [6.07, 6.45) is 0. The van der Waals surface area contributed by atoms with Crippen LogP contribution in [0.15, 0.2) is 53.3 Å². The molecule has 0 spiro atoms. The number of hydrogen-bond donors (Lipinski definition) is 2. The van der Waals surface area contributed by atoms with Gasteiger partial charge in [-0.25, -0.2) is 4.79 Å². The van der Waals surface area contributed by atoms with Crippen LogP contribution in [0.1, 0.15) is 10.4 Å². The molecule has 1 aliphatic rings. The van der Waals surface area contributed by atoms with E-state index in [1.165, 1.54) is 4.57 Å². The summed E-state index contributed by atoms with van der Waals surface area (Å²) in [7, 11) is 0. The van der Waals surface area contributed by atoms with Gasteiger partial charge in [-0.3, -0.25) is 14.2 Å². The topological polar surface area (TPSA) is 96.4 Å². The molecule has 0 bridgehead atoms. The molecule has 2 aromatic carbocycles. The van der Waals surface area contributed by atoms with Crippen molar-refractivity contribution in [2.24, 2.45) is 0 Å².